The van der Waals surface area contributed by atoms with Crippen molar-refractivity contribution in [3.05, 3.63) is 65.7 Å². The molecule has 0 heterocycles. The monoisotopic (exact) mass is 270 g/mol. The van der Waals surface area contributed by atoms with Gasteiger partial charge in [0, 0.05) is 10.5 Å². The van der Waals surface area contributed by atoms with Crippen LogP contribution >= 0.6 is 11.8 Å². The standard InChI is InChI=1S/C17H18OS/c1-3-15(17(18)14-10-5-4-6-11-14)19-16-12-8-7-9-13(16)2/h4-12,15H,3H2,1-2H3. The van der Waals surface area contributed by atoms with Gasteiger partial charge in [-0.1, -0.05) is 55.5 Å². The second-order valence-corrected chi connectivity index (χ2v) is 5.76. The van der Waals surface area contributed by atoms with E-state index in [1.54, 1.807) is 11.8 Å². The maximum atomic E-state index is 12.5. The molecule has 98 valence electrons. The number of ketones is 1. The van der Waals surface area contributed by atoms with Gasteiger partial charge in [-0.05, 0) is 25.0 Å². The van der Waals surface area contributed by atoms with Gasteiger partial charge >= 0.3 is 0 Å². The Morgan fingerprint density at radius 2 is 1.68 bits per heavy atom. The number of benzene rings is 2. The van der Waals surface area contributed by atoms with Crippen LogP contribution in [0.4, 0.5) is 0 Å². The first-order valence-electron chi connectivity index (χ1n) is 6.54. The molecular formula is C17H18OS. The van der Waals surface area contributed by atoms with Crippen LogP contribution < -0.4 is 0 Å². The minimum atomic E-state index is -0.0106. The summed E-state index contributed by atoms with van der Waals surface area (Å²) in [5.74, 6) is 0.219. The van der Waals surface area contributed by atoms with E-state index in [1.807, 2.05) is 42.5 Å². The molecule has 0 amide bonds. The zero-order chi connectivity index (χ0) is 13.7. The van der Waals surface area contributed by atoms with E-state index < -0.39 is 0 Å². The second kappa shape index (κ2) is 6.58. The van der Waals surface area contributed by atoms with Gasteiger partial charge in [0.1, 0.15) is 0 Å². The van der Waals surface area contributed by atoms with Crippen molar-refractivity contribution in [2.75, 3.05) is 0 Å². The summed E-state index contributed by atoms with van der Waals surface area (Å²) < 4.78 is 0. The summed E-state index contributed by atoms with van der Waals surface area (Å²) >= 11 is 1.67. The van der Waals surface area contributed by atoms with Gasteiger partial charge in [0.2, 0.25) is 0 Å². The van der Waals surface area contributed by atoms with Gasteiger partial charge in [-0.3, -0.25) is 4.79 Å². The Balaban J connectivity index is 2.17. The fourth-order valence-corrected chi connectivity index (χ4v) is 3.08. The molecule has 1 nitrogen and oxygen atoms in total. The van der Waals surface area contributed by atoms with Crippen molar-refractivity contribution in [3.8, 4) is 0 Å². The molecule has 0 saturated carbocycles. The maximum absolute atomic E-state index is 12.5. The van der Waals surface area contributed by atoms with Crippen LogP contribution in [0.5, 0.6) is 0 Å². The van der Waals surface area contributed by atoms with Crippen LogP contribution in [-0.2, 0) is 0 Å². The Kier molecular flexibility index (Phi) is 4.80. The number of Topliss-reactive ketones (excluding diaryl/α,β-unsaturated/α-hetero) is 1. The largest absolute Gasteiger partial charge is 0.293 e. The highest BCUT2D eigenvalue weighted by molar-refractivity contribution is 8.00. The van der Waals surface area contributed by atoms with Crippen LogP contribution in [0, 0.1) is 6.92 Å². The van der Waals surface area contributed by atoms with Gasteiger partial charge in [0.25, 0.3) is 0 Å². The molecule has 0 fully saturated rings. The molecule has 0 aliphatic rings. The highest BCUT2D eigenvalue weighted by Gasteiger charge is 2.19. The lowest BCUT2D eigenvalue weighted by molar-refractivity contribution is 0.0988. The Bertz CT molecular complexity index is 548. The third-order valence-corrected chi connectivity index (χ3v) is 4.63. The van der Waals surface area contributed by atoms with Crippen molar-refractivity contribution >= 4 is 17.5 Å². The lowest BCUT2D eigenvalue weighted by Crippen LogP contribution is -2.16. The Morgan fingerprint density at radius 3 is 2.32 bits per heavy atom. The number of aryl methyl sites for hydroxylation is 1. The van der Waals surface area contributed by atoms with E-state index in [0.29, 0.717) is 0 Å². The molecule has 2 rings (SSSR count). The molecule has 0 bridgehead atoms. The van der Waals surface area contributed by atoms with Gasteiger partial charge in [-0.2, -0.15) is 0 Å². The van der Waals surface area contributed by atoms with Crippen LogP contribution in [0.1, 0.15) is 29.3 Å². The number of thioether (sulfide) groups is 1. The molecule has 0 aliphatic heterocycles. The highest BCUT2D eigenvalue weighted by Crippen LogP contribution is 2.30. The highest BCUT2D eigenvalue weighted by atomic mass is 32.2. The first-order chi connectivity index (χ1) is 9.22. The zero-order valence-electron chi connectivity index (χ0n) is 11.3. The summed E-state index contributed by atoms with van der Waals surface area (Å²) in [5.41, 5.74) is 2.03. The molecule has 0 radical (unpaired) electrons. The number of hydrogen-bond acceptors (Lipinski definition) is 2. The van der Waals surface area contributed by atoms with Crippen molar-refractivity contribution in [2.24, 2.45) is 0 Å². The van der Waals surface area contributed by atoms with E-state index in [1.165, 1.54) is 10.5 Å². The Morgan fingerprint density at radius 1 is 1.05 bits per heavy atom. The molecular weight excluding hydrogens is 252 g/mol. The topological polar surface area (TPSA) is 17.1 Å². The SMILES string of the molecule is CCC(Sc1ccccc1C)C(=O)c1ccccc1. The fraction of sp³-hybridized carbons (Fsp3) is 0.235. The smallest absolute Gasteiger partial charge is 0.176 e. The predicted molar refractivity (Wildman–Crippen MR) is 81.9 cm³/mol. The molecule has 0 spiro atoms. The van der Waals surface area contributed by atoms with Gasteiger partial charge in [-0.15, -0.1) is 11.8 Å². The molecule has 0 aliphatic carbocycles. The number of hydrogen-bond donors (Lipinski definition) is 0. The van der Waals surface area contributed by atoms with Gasteiger partial charge in [0.05, 0.1) is 5.25 Å². The third-order valence-electron chi connectivity index (χ3n) is 3.08. The van der Waals surface area contributed by atoms with Crippen LogP contribution in [0.15, 0.2) is 59.5 Å². The van der Waals surface area contributed by atoms with Crippen LogP contribution in [0.3, 0.4) is 0 Å². The first kappa shape index (κ1) is 13.9. The van der Waals surface area contributed by atoms with Gasteiger partial charge < -0.3 is 0 Å². The number of carbonyl (C=O) groups is 1. The van der Waals surface area contributed by atoms with E-state index in [0.717, 1.165) is 12.0 Å². The maximum Gasteiger partial charge on any atom is 0.176 e. The van der Waals surface area contributed by atoms with Gasteiger partial charge in [0.15, 0.2) is 5.78 Å². The summed E-state index contributed by atoms with van der Waals surface area (Å²) in [6, 6.07) is 17.8. The number of carbonyl (C=O) groups excluding carboxylic acids is 1. The average Bonchev–Trinajstić information content (AvgIpc) is 2.47. The van der Waals surface area contributed by atoms with E-state index >= 15 is 0 Å². The second-order valence-electron chi connectivity index (χ2n) is 4.51. The lowest BCUT2D eigenvalue weighted by atomic mass is 10.1. The van der Waals surface area contributed by atoms with Crippen LogP contribution in [0.2, 0.25) is 0 Å². The van der Waals surface area contributed by atoms with Crippen LogP contribution in [-0.4, -0.2) is 11.0 Å². The molecule has 1 unspecified atom stereocenters. The van der Waals surface area contributed by atoms with E-state index in [2.05, 4.69) is 26.0 Å². The van der Waals surface area contributed by atoms with Crippen molar-refractivity contribution in [2.45, 2.75) is 30.4 Å². The third kappa shape index (κ3) is 3.48. The Hall–Kier alpha value is -1.54. The molecule has 0 aromatic heterocycles. The lowest BCUT2D eigenvalue weighted by Gasteiger charge is -2.14. The first-order valence-corrected chi connectivity index (χ1v) is 7.42. The van der Waals surface area contributed by atoms with E-state index in [-0.39, 0.29) is 11.0 Å². The summed E-state index contributed by atoms with van der Waals surface area (Å²) in [6.45, 7) is 4.15. The molecule has 0 saturated heterocycles. The van der Waals surface area contributed by atoms with Crippen molar-refractivity contribution < 1.29 is 4.79 Å². The normalized spacial score (nSPS) is 12.1. The van der Waals surface area contributed by atoms with Crippen molar-refractivity contribution in [1.82, 2.24) is 0 Å². The summed E-state index contributed by atoms with van der Waals surface area (Å²) in [5, 5.41) is -0.0106. The minimum absolute atomic E-state index is 0.0106. The van der Waals surface area contributed by atoms with Gasteiger partial charge in [-0.25, -0.2) is 0 Å². The molecule has 2 heteroatoms. The fourth-order valence-electron chi connectivity index (χ4n) is 1.95. The van der Waals surface area contributed by atoms with Crippen LogP contribution in [0.25, 0.3) is 0 Å². The molecule has 19 heavy (non-hydrogen) atoms. The zero-order valence-corrected chi connectivity index (χ0v) is 12.1. The molecule has 1 atom stereocenters. The minimum Gasteiger partial charge on any atom is -0.293 e. The molecule has 2 aromatic carbocycles. The van der Waals surface area contributed by atoms with E-state index in [9.17, 15) is 4.79 Å². The average molecular weight is 270 g/mol. The van der Waals surface area contributed by atoms with E-state index in [4.69, 9.17) is 0 Å². The summed E-state index contributed by atoms with van der Waals surface area (Å²) in [6.07, 6.45) is 0.840. The van der Waals surface area contributed by atoms with Crippen molar-refractivity contribution in [1.29, 1.82) is 0 Å². The summed E-state index contributed by atoms with van der Waals surface area (Å²) in [4.78, 5) is 13.7. The van der Waals surface area contributed by atoms with Crippen molar-refractivity contribution in [3.63, 3.8) is 0 Å². The number of rotatable bonds is 5. The summed E-state index contributed by atoms with van der Waals surface area (Å²) in [7, 11) is 0. The molecule has 0 N–H and O–H groups in total. The quantitative estimate of drug-likeness (QED) is 0.576. The predicted octanol–water partition coefficient (Wildman–Crippen LogP) is 4.75. The Labute approximate surface area is 119 Å². The molecule has 2 aromatic rings.